The molecule has 2 rings (SSSR count). The Balaban J connectivity index is 2.10. The molecule has 1 atom stereocenters. The predicted octanol–water partition coefficient (Wildman–Crippen LogP) is 4.28. The van der Waals surface area contributed by atoms with E-state index in [0.29, 0.717) is 17.4 Å². The van der Waals surface area contributed by atoms with Crippen LogP contribution in [0.3, 0.4) is 0 Å². The van der Waals surface area contributed by atoms with E-state index < -0.39 is 6.10 Å². The molecule has 100 valence electrons. The van der Waals surface area contributed by atoms with Gasteiger partial charge in [0.15, 0.2) is 0 Å². The Morgan fingerprint density at radius 1 is 1.21 bits per heavy atom. The van der Waals surface area contributed by atoms with Crippen LogP contribution in [0.4, 0.5) is 0 Å². The minimum atomic E-state index is -0.525. The van der Waals surface area contributed by atoms with Gasteiger partial charge in [0, 0.05) is 0 Å². The van der Waals surface area contributed by atoms with E-state index in [9.17, 15) is 5.11 Å². The van der Waals surface area contributed by atoms with E-state index in [4.69, 9.17) is 16.3 Å². The van der Waals surface area contributed by atoms with Crippen molar-refractivity contribution in [2.45, 2.75) is 26.6 Å². The van der Waals surface area contributed by atoms with Gasteiger partial charge in [-0.2, -0.15) is 0 Å². The summed E-state index contributed by atoms with van der Waals surface area (Å²) in [6.45, 7) is 4.25. The SMILES string of the molecule is Cc1ccccc1COc1ccc([C@@H](C)O)cc1Cl. The van der Waals surface area contributed by atoms with Crippen LogP contribution in [0.1, 0.15) is 29.7 Å². The van der Waals surface area contributed by atoms with Gasteiger partial charge >= 0.3 is 0 Å². The highest BCUT2D eigenvalue weighted by molar-refractivity contribution is 6.32. The topological polar surface area (TPSA) is 29.5 Å². The highest BCUT2D eigenvalue weighted by Crippen LogP contribution is 2.28. The van der Waals surface area contributed by atoms with Gasteiger partial charge in [0.1, 0.15) is 12.4 Å². The van der Waals surface area contributed by atoms with Crippen molar-refractivity contribution in [2.75, 3.05) is 0 Å². The number of halogens is 1. The van der Waals surface area contributed by atoms with Crippen LogP contribution in [-0.2, 0) is 6.61 Å². The molecule has 0 fully saturated rings. The summed E-state index contributed by atoms with van der Waals surface area (Å²) < 4.78 is 5.72. The van der Waals surface area contributed by atoms with Gasteiger partial charge in [0.05, 0.1) is 11.1 Å². The van der Waals surface area contributed by atoms with Gasteiger partial charge in [0.2, 0.25) is 0 Å². The van der Waals surface area contributed by atoms with Crippen molar-refractivity contribution in [1.29, 1.82) is 0 Å². The van der Waals surface area contributed by atoms with Crippen molar-refractivity contribution < 1.29 is 9.84 Å². The zero-order valence-electron chi connectivity index (χ0n) is 11.1. The standard InChI is InChI=1S/C16H17ClO2/c1-11-5-3-4-6-14(11)10-19-16-8-7-13(12(2)18)9-15(16)17/h3-9,12,18H,10H2,1-2H3/t12-/m1/s1. The molecule has 0 heterocycles. The maximum atomic E-state index is 9.48. The zero-order valence-corrected chi connectivity index (χ0v) is 11.8. The van der Waals surface area contributed by atoms with Crippen molar-refractivity contribution in [3.05, 3.63) is 64.2 Å². The fourth-order valence-corrected chi connectivity index (χ4v) is 2.07. The fourth-order valence-electron chi connectivity index (χ4n) is 1.82. The lowest BCUT2D eigenvalue weighted by Gasteiger charge is -2.12. The van der Waals surface area contributed by atoms with E-state index in [1.807, 2.05) is 24.3 Å². The summed E-state index contributed by atoms with van der Waals surface area (Å²) in [6.07, 6.45) is -0.525. The van der Waals surface area contributed by atoms with Gasteiger partial charge in [0.25, 0.3) is 0 Å². The molecule has 0 aromatic heterocycles. The van der Waals surface area contributed by atoms with E-state index in [-0.39, 0.29) is 0 Å². The summed E-state index contributed by atoms with van der Waals surface area (Å²) in [5.41, 5.74) is 3.12. The molecule has 0 unspecified atom stereocenters. The minimum absolute atomic E-state index is 0.487. The summed E-state index contributed by atoms with van der Waals surface area (Å²) in [6, 6.07) is 13.4. The molecule has 0 aliphatic carbocycles. The maximum absolute atomic E-state index is 9.48. The van der Waals surface area contributed by atoms with E-state index in [1.165, 1.54) is 5.56 Å². The lowest BCUT2D eigenvalue weighted by Crippen LogP contribution is -1.99. The summed E-state index contributed by atoms with van der Waals surface area (Å²) in [5.74, 6) is 0.634. The van der Waals surface area contributed by atoms with Gasteiger partial charge in [-0.05, 0) is 42.7 Å². The number of aliphatic hydroxyl groups is 1. The first-order chi connectivity index (χ1) is 9.08. The molecule has 2 nitrogen and oxygen atoms in total. The van der Waals surface area contributed by atoms with Gasteiger partial charge in [-0.3, -0.25) is 0 Å². The predicted molar refractivity (Wildman–Crippen MR) is 77.6 cm³/mol. The normalized spacial score (nSPS) is 12.2. The van der Waals surface area contributed by atoms with Crippen molar-refractivity contribution >= 4 is 11.6 Å². The average Bonchev–Trinajstić information content (AvgIpc) is 2.39. The lowest BCUT2D eigenvalue weighted by atomic mass is 10.1. The van der Waals surface area contributed by atoms with Crippen LogP contribution in [0.25, 0.3) is 0 Å². The third-order valence-corrected chi connectivity index (χ3v) is 3.38. The van der Waals surface area contributed by atoms with Gasteiger partial charge in [-0.1, -0.05) is 41.9 Å². The third kappa shape index (κ3) is 3.49. The molecule has 0 spiro atoms. The highest BCUT2D eigenvalue weighted by atomic mass is 35.5. The van der Waals surface area contributed by atoms with Crippen molar-refractivity contribution in [3.8, 4) is 5.75 Å². The van der Waals surface area contributed by atoms with Crippen LogP contribution < -0.4 is 4.74 Å². The molecular weight excluding hydrogens is 260 g/mol. The number of rotatable bonds is 4. The van der Waals surface area contributed by atoms with Gasteiger partial charge in [-0.15, -0.1) is 0 Å². The van der Waals surface area contributed by atoms with Gasteiger partial charge < -0.3 is 9.84 Å². The number of hydrogen-bond acceptors (Lipinski definition) is 2. The molecule has 0 amide bonds. The largest absolute Gasteiger partial charge is 0.487 e. The molecule has 2 aromatic rings. The quantitative estimate of drug-likeness (QED) is 0.903. The number of aliphatic hydroxyl groups excluding tert-OH is 1. The summed E-state index contributed by atoms with van der Waals surface area (Å²) in [5, 5.41) is 10.0. The lowest BCUT2D eigenvalue weighted by molar-refractivity contribution is 0.199. The molecule has 0 aliphatic heterocycles. The van der Waals surface area contributed by atoms with Crippen LogP contribution in [0, 0.1) is 6.92 Å². The maximum Gasteiger partial charge on any atom is 0.138 e. The van der Waals surface area contributed by atoms with Crippen LogP contribution in [0.5, 0.6) is 5.75 Å². The van der Waals surface area contributed by atoms with E-state index in [2.05, 4.69) is 13.0 Å². The van der Waals surface area contributed by atoms with E-state index in [0.717, 1.165) is 11.1 Å². The molecule has 0 saturated heterocycles. The van der Waals surface area contributed by atoms with Crippen LogP contribution in [0.15, 0.2) is 42.5 Å². The molecule has 0 aliphatic rings. The Morgan fingerprint density at radius 3 is 2.58 bits per heavy atom. The molecule has 2 aromatic carbocycles. The number of aryl methyl sites for hydroxylation is 1. The molecular formula is C16H17ClO2. The Bertz CT molecular complexity index is 564. The molecule has 0 saturated carbocycles. The molecule has 0 radical (unpaired) electrons. The first-order valence-electron chi connectivity index (χ1n) is 6.22. The van der Waals surface area contributed by atoms with Crippen LogP contribution in [0.2, 0.25) is 5.02 Å². The Kier molecular flexibility index (Phi) is 4.46. The first kappa shape index (κ1) is 13.9. The minimum Gasteiger partial charge on any atom is -0.487 e. The second-order valence-corrected chi connectivity index (χ2v) is 4.99. The van der Waals surface area contributed by atoms with E-state index in [1.54, 1.807) is 19.1 Å². The monoisotopic (exact) mass is 276 g/mol. The Hall–Kier alpha value is -1.51. The molecule has 0 bridgehead atoms. The smallest absolute Gasteiger partial charge is 0.138 e. The Labute approximate surface area is 118 Å². The highest BCUT2D eigenvalue weighted by Gasteiger charge is 2.07. The summed E-state index contributed by atoms with van der Waals surface area (Å²) in [7, 11) is 0. The van der Waals surface area contributed by atoms with Crippen LogP contribution in [-0.4, -0.2) is 5.11 Å². The van der Waals surface area contributed by atoms with Crippen molar-refractivity contribution in [3.63, 3.8) is 0 Å². The fraction of sp³-hybridized carbons (Fsp3) is 0.250. The third-order valence-electron chi connectivity index (χ3n) is 3.08. The van der Waals surface area contributed by atoms with E-state index >= 15 is 0 Å². The zero-order chi connectivity index (χ0) is 13.8. The first-order valence-corrected chi connectivity index (χ1v) is 6.60. The summed E-state index contributed by atoms with van der Waals surface area (Å²) in [4.78, 5) is 0. The average molecular weight is 277 g/mol. The van der Waals surface area contributed by atoms with Crippen molar-refractivity contribution in [1.82, 2.24) is 0 Å². The van der Waals surface area contributed by atoms with Gasteiger partial charge in [-0.25, -0.2) is 0 Å². The molecule has 3 heteroatoms. The number of ether oxygens (including phenoxy) is 1. The number of hydrogen-bond donors (Lipinski definition) is 1. The Morgan fingerprint density at radius 2 is 1.95 bits per heavy atom. The van der Waals surface area contributed by atoms with Crippen LogP contribution >= 0.6 is 11.6 Å². The molecule has 1 N–H and O–H groups in total. The second-order valence-electron chi connectivity index (χ2n) is 4.58. The summed E-state index contributed by atoms with van der Waals surface area (Å²) >= 11 is 6.14. The second kappa shape index (κ2) is 6.09. The van der Waals surface area contributed by atoms with Crippen molar-refractivity contribution in [2.24, 2.45) is 0 Å². The number of benzene rings is 2. The molecule has 19 heavy (non-hydrogen) atoms.